The van der Waals surface area contributed by atoms with Crippen LogP contribution < -0.4 is 5.32 Å². The van der Waals surface area contributed by atoms with E-state index in [-0.39, 0.29) is 0 Å². The monoisotopic (exact) mass is 246 g/mol. The van der Waals surface area contributed by atoms with Gasteiger partial charge in [0.05, 0.1) is 0 Å². The summed E-state index contributed by atoms with van der Waals surface area (Å²) in [5.41, 5.74) is 1.44. The quantitative estimate of drug-likeness (QED) is 0.876. The molecular weight excluding hydrogens is 228 g/mol. The van der Waals surface area contributed by atoms with E-state index in [9.17, 15) is 0 Å². The van der Waals surface area contributed by atoms with Gasteiger partial charge < -0.3 is 5.32 Å². The average molecular weight is 246 g/mol. The van der Waals surface area contributed by atoms with Crippen LogP contribution in [0.15, 0.2) is 24.3 Å². The summed E-state index contributed by atoms with van der Waals surface area (Å²) in [6, 6.07) is 9.19. The molecule has 0 amide bonds. The second-order valence-electron chi connectivity index (χ2n) is 4.76. The molecule has 3 rings (SSSR count). The first kappa shape index (κ1) is 11.2. The fraction of sp³-hybridized carbons (Fsp3) is 0.429. The van der Waals surface area contributed by atoms with Crippen LogP contribution in [0.5, 0.6) is 0 Å². The first-order chi connectivity index (χ1) is 8.31. The maximum atomic E-state index is 3.39. The van der Waals surface area contributed by atoms with Crippen molar-refractivity contribution in [3.63, 3.8) is 0 Å². The van der Waals surface area contributed by atoms with Gasteiger partial charge in [0.2, 0.25) is 0 Å². The average Bonchev–Trinajstić information content (AvgIpc) is 2.70. The second-order valence-corrected chi connectivity index (χ2v) is 6.04. The molecule has 0 bridgehead atoms. The van der Waals surface area contributed by atoms with E-state index in [0.29, 0.717) is 0 Å². The van der Waals surface area contributed by atoms with Crippen molar-refractivity contribution in [3.8, 4) is 0 Å². The molecule has 1 saturated heterocycles. The largest absolute Gasteiger partial charge is 0.314 e. The molecular formula is C14H18N2S. The van der Waals surface area contributed by atoms with Gasteiger partial charge in [0.25, 0.3) is 0 Å². The molecule has 2 aromatic rings. The van der Waals surface area contributed by atoms with E-state index in [4.69, 9.17) is 0 Å². The molecule has 90 valence electrons. The number of nitrogens with one attached hydrogen (secondary N) is 1. The van der Waals surface area contributed by atoms with Crippen molar-refractivity contribution in [2.24, 2.45) is 0 Å². The molecule has 0 radical (unpaired) electrons. The molecule has 0 spiro atoms. The minimum atomic E-state index is 1.09. The van der Waals surface area contributed by atoms with Crippen molar-refractivity contribution >= 4 is 21.4 Å². The molecule has 0 saturated carbocycles. The molecule has 3 heteroatoms. The Kier molecular flexibility index (Phi) is 3.14. The Labute approximate surface area is 106 Å². The minimum Gasteiger partial charge on any atom is -0.314 e. The molecule has 17 heavy (non-hydrogen) atoms. The fourth-order valence-electron chi connectivity index (χ4n) is 2.45. The lowest BCUT2D eigenvalue weighted by Gasteiger charge is -2.27. The number of piperazine rings is 1. The number of rotatable bonds is 2. The van der Waals surface area contributed by atoms with Gasteiger partial charge in [0.1, 0.15) is 0 Å². The Hall–Kier alpha value is -0.900. The third-order valence-electron chi connectivity index (χ3n) is 3.32. The second kappa shape index (κ2) is 4.77. The zero-order valence-corrected chi connectivity index (χ0v) is 11.0. The predicted molar refractivity (Wildman–Crippen MR) is 74.7 cm³/mol. The summed E-state index contributed by atoms with van der Waals surface area (Å²) in [5.74, 6) is 0. The van der Waals surface area contributed by atoms with E-state index in [1.54, 1.807) is 0 Å². The van der Waals surface area contributed by atoms with E-state index in [0.717, 1.165) is 19.6 Å². The van der Waals surface area contributed by atoms with Crippen LogP contribution in [0, 0.1) is 6.92 Å². The van der Waals surface area contributed by atoms with Crippen molar-refractivity contribution in [2.45, 2.75) is 13.5 Å². The highest BCUT2D eigenvalue weighted by molar-refractivity contribution is 7.19. The number of hydrogen-bond donors (Lipinski definition) is 1. The SMILES string of the molecule is Cc1cc2cc(CN3CCNCC3)ccc2s1. The van der Waals surface area contributed by atoms with Gasteiger partial charge in [-0.3, -0.25) is 4.90 Å². The van der Waals surface area contributed by atoms with E-state index in [1.165, 1.54) is 33.6 Å². The molecule has 0 unspecified atom stereocenters. The standard InChI is InChI=1S/C14H18N2S/c1-11-8-13-9-12(2-3-14(13)17-11)10-16-6-4-15-5-7-16/h2-3,8-9,15H,4-7,10H2,1H3. The number of fused-ring (bicyclic) bond motifs is 1. The summed E-state index contributed by atoms with van der Waals surface area (Å²) >= 11 is 1.88. The summed E-state index contributed by atoms with van der Waals surface area (Å²) in [6.45, 7) is 7.86. The van der Waals surface area contributed by atoms with Gasteiger partial charge >= 0.3 is 0 Å². The third-order valence-corrected chi connectivity index (χ3v) is 4.35. The predicted octanol–water partition coefficient (Wildman–Crippen LogP) is 2.61. The Bertz CT molecular complexity index is 512. The zero-order valence-electron chi connectivity index (χ0n) is 10.2. The Morgan fingerprint density at radius 3 is 2.88 bits per heavy atom. The van der Waals surface area contributed by atoms with Gasteiger partial charge in [-0.05, 0) is 36.1 Å². The van der Waals surface area contributed by atoms with Crippen molar-refractivity contribution in [3.05, 3.63) is 34.7 Å². The van der Waals surface area contributed by atoms with Crippen LogP contribution in [-0.2, 0) is 6.54 Å². The lowest BCUT2D eigenvalue weighted by molar-refractivity contribution is 0.233. The first-order valence-corrected chi connectivity index (χ1v) is 7.05. The normalized spacial score (nSPS) is 17.7. The van der Waals surface area contributed by atoms with Crippen LogP contribution in [0.4, 0.5) is 0 Å². The number of benzene rings is 1. The molecule has 2 nitrogen and oxygen atoms in total. The molecule has 1 aliphatic heterocycles. The van der Waals surface area contributed by atoms with E-state index < -0.39 is 0 Å². The summed E-state index contributed by atoms with van der Waals surface area (Å²) in [7, 11) is 0. The zero-order chi connectivity index (χ0) is 11.7. The lowest BCUT2D eigenvalue weighted by atomic mass is 10.1. The van der Waals surface area contributed by atoms with E-state index >= 15 is 0 Å². The van der Waals surface area contributed by atoms with Crippen LogP contribution in [-0.4, -0.2) is 31.1 Å². The van der Waals surface area contributed by atoms with Crippen LogP contribution in [0.3, 0.4) is 0 Å². The molecule has 0 atom stereocenters. The van der Waals surface area contributed by atoms with Gasteiger partial charge in [-0.15, -0.1) is 11.3 Å². The van der Waals surface area contributed by atoms with Gasteiger partial charge in [-0.25, -0.2) is 0 Å². The van der Waals surface area contributed by atoms with Crippen LogP contribution >= 0.6 is 11.3 Å². The summed E-state index contributed by atoms with van der Waals surface area (Å²) < 4.78 is 1.41. The fourth-order valence-corrected chi connectivity index (χ4v) is 3.36. The number of hydrogen-bond acceptors (Lipinski definition) is 3. The molecule has 1 fully saturated rings. The number of thiophene rings is 1. The number of aryl methyl sites for hydroxylation is 1. The molecule has 1 aromatic carbocycles. The van der Waals surface area contributed by atoms with Gasteiger partial charge in [0, 0.05) is 42.3 Å². The Morgan fingerprint density at radius 1 is 1.24 bits per heavy atom. The maximum Gasteiger partial charge on any atom is 0.0345 e. The van der Waals surface area contributed by atoms with Crippen LogP contribution in [0.25, 0.3) is 10.1 Å². The van der Waals surface area contributed by atoms with E-state index in [2.05, 4.69) is 41.4 Å². The van der Waals surface area contributed by atoms with Crippen molar-refractivity contribution < 1.29 is 0 Å². The highest BCUT2D eigenvalue weighted by Gasteiger charge is 2.10. The topological polar surface area (TPSA) is 15.3 Å². The Morgan fingerprint density at radius 2 is 2.06 bits per heavy atom. The van der Waals surface area contributed by atoms with Crippen LogP contribution in [0.1, 0.15) is 10.4 Å². The molecule has 2 heterocycles. The molecule has 1 N–H and O–H groups in total. The van der Waals surface area contributed by atoms with Crippen LogP contribution in [0.2, 0.25) is 0 Å². The van der Waals surface area contributed by atoms with Gasteiger partial charge in [-0.2, -0.15) is 0 Å². The smallest absolute Gasteiger partial charge is 0.0345 e. The van der Waals surface area contributed by atoms with Crippen molar-refractivity contribution in [1.82, 2.24) is 10.2 Å². The summed E-state index contributed by atoms with van der Waals surface area (Å²) in [4.78, 5) is 3.93. The highest BCUT2D eigenvalue weighted by Crippen LogP contribution is 2.26. The van der Waals surface area contributed by atoms with Crippen molar-refractivity contribution in [1.29, 1.82) is 0 Å². The molecule has 0 aliphatic carbocycles. The minimum absolute atomic E-state index is 1.09. The lowest BCUT2D eigenvalue weighted by Crippen LogP contribution is -2.42. The first-order valence-electron chi connectivity index (χ1n) is 6.23. The summed E-state index contributed by atoms with van der Waals surface area (Å²) in [5, 5.41) is 4.80. The van der Waals surface area contributed by atoms with E-state index in [1.807, 2.05) is 11.3 Å². The number of nitrogens with zero attached hydrogens (tertiary/aromatic N) is 1. The maximum absolute atomic E-state index is 3.39. The Balaban J connectivity index is 1.79. The molecule has 1 aromatic heterocycles. The highest BCUT2D eigenvalue weighted by atomic mass is 32.1. The van der Waals surface area contributed by atoms with Crippen molar-refractivity contribution in [2.75, 3.05) is 26.2 Å². The molecule has 1 aliphatic rings. The van der Waals surface area contributed by atoms with Gasteiger partial charge in [0.15, 0.2) is 0 Å². The van der Waals surface area contributed by atoms with Gasteiger partial charge in [-0.1, -0.05) is 6.07 Å². The third kappa shape index (κ3) is 2.51. The summed E-state index contributed by atoms with van der Waals surface area (Å²) in [6.07, 6.45) is 0.